The van der Waals surface area contributed by atoms with E-state index in [1.807, 2.05) is 0 Å². The lowest BCUT2D eigenvalue weighted by Gasteiger charge is -2.16. The van der Waals surface area contributed by atoms with Gasteiger partial charge in [-0.3, -0.25) is 19.7 Å². The number of carbonyl (C=O) groups excluding carboxylic acids is 1. The molecule has 0 aromatic heterocycles. The Morgan fingerprint density at radius 3 is 2.74 bits per heavy atom. The van der Waals surface area contributed by atoms with Crippen LogP contribution in [-0.2, 0) is 9.59 Å². The van der Waals surface area contributed by atoms with Crippen molar-refractivity contribution in [2.45, 2.75) is 13.3 Å². The van der Waals surface area contributed by atoms with Gasteiger partial charge in [0.1, 0.15) is 5.69 Å². The first-order valence-electron chi connectivity index (χ1n) is 5.69. The van der Waals surface area contributed by atoms with E-state index < -0.39 is 22.7 Å². The highest BCUT2D eigenvalue weighted by atomic mass is 16.6. The third-order valence-corrected chi connectivity index (χ3v) is 3.16. The predicted molar refractivity (Wildman–Crippen MR) is 65.9 cm³/mol. The van der Waals surface area contributed by atoms with Crippen molar-refractivity contribution in [1.29, 1.82) is 0 Å². The first-order chi connectivity index (χ1) is 8.91. The first-order valence-corrected chi connectivity index (χ1v) is 5.69. The summed E-state index contributed by atoms with van der Waals surface area (Å²) in [5, 5.41) is 20.0. The lowest BCUT2D eigenvalue weighted by Crippen LogP contribution is -2.26. The van der Waals surface area contributed by atoms with Gasteiger partial charge in [0.05, 0.1) is 10.8 Å². The van der Waals surface area contributed by atoms with E-state index in [9.17, 15) is 19.7 Å². The number of carboxylic acid groups (broad SMARTS) is 1. The lowest BCUT2D eigenvalue weighted by atomic mass is 10.1. The van der Waals surface area contributed by atoms with Gasteiger partial charge in [-0.15, -0.1) is 0 Å². The molecule has 100 valence electrons. The van der Waals surface area contributed by atoms with Gasteiger partial charge < -0.3 is 10.0 Å². The second-order valence-electron chi connectivity index (χ2n) is 4.44. The van der Waals surface area contributed by atoms with Crippen molar-refractivity contribution in [3.63, 3.8) is 0 Å². The number of amides is 1. The van der Waals surface area contributed by atoms with E-state index in [1.54, 1.807) is 19.1 Å². The molecule has 1 amide bonds. The molecule has 1 saturated heterocycles. The second-order valence-corrected chi connectivity index (χ2v) is 4.44. The standard InChI is InChI=1S/C12H12N2O5/c1-7-3-2-4-9(11(7)14(18)19)13-6-8(12(16)17)5-10(13)15/h2-4,8H,5-6H2,1H3,(H,16,17). The fourth-order valence-corrected chi connectivity index (χ4v) is 2.20. The highest BCUT2D eigenvalue weighted by Crippen LogP contribution is 2.35. The predicted octanol–water partition coefficient (Wildman–Crippen LogP) is 1.34. The molecule has 7 heteroatoms. The molecule has 1 fully saturated rings. The number of nitro groups is 1. The zero-order valence-corrected chi connectivity index (χ0v) is 10.2. The Morgan fingerprint density at radius 2 is 2.21 bits per heavy atom. The molecule has 19 heavy (non-hydrogen) atoms. The van der Waals surface area contributed by atoms with Crippen LogP contribution in [0.1, 0.15) is 12.0 Å². The van der Waals surface area contributed by atoms with E-state index in [0.29, 0.717) is 5.56 Å². The number of hydrogen-bond acceptors (Lipinski definition) is 4. The molecule has 2 rings (SSSR count). The Kier molecular flexibility index (Phi) is 3.20. The number of aliphatic carboxylic acids is 1. The number of anilines is 1. The minimum Gasteiger partial charge on any atom is -0.481 e. The van der Waals surface area contributed by atoms with Gasteiger partial charge in [0.15, 0.2) is 0 Å². The summed E-state index contributed by atoms with van der Waals surface area (Å²) in [6, 6.07) is 4.66. The number of aryl methyl sites for hydroxylation is 1. The van der Waals surface area contributed by atoms with Crippen LogP contribution in [0.3, 0.4) is 0 Å². The summed E-state index contributed by atoms with van der Waals surface area (Å²) in [4.78, 5) is 34.4. The summed E-state index contributed by atoms with van der Waals surface area (Å²) < 4.78 is 0. The van der Waals surface area contributed by atoms with E-state index in [2.05, 4.69) is 0 Å². The maximum absolute atomic E-state index is 11.8. The molecule has 0 bridgehead atoms. The average Bonchev–Trinajstić information content (AvgIpc) is 2.70. The maximum Gasteiger partial charge on any atom is 0.308 e. The summed E-state index contributed by atoms with van der Waals surface area (Å²) in [7, 11) is 0. The number of para-hydroxylation sites is 1. The molecule has 1 aromatic carbocycles. The largest absolute Gasteiger partial charge is 0.481 e. The van der Waals surface area contributed by atoms with Gasteiger partial charge in [0.25, 0.3) is 5.69 Å². The molecule has 1 aliphatic rings. The van der Waals surface area contributed by atoms with Crippen molar-refractivity contribution in [2.75, 3.05) is 11.4 Å². The van der Waals surface area contributed by atoms with E-state index >= 15 is 0 Å². The molecule has 1 aromatic rings. The number of rotatable bonds is 3. The smallest absolute Gasteiger partial charge is 0.308 e. The van der Waals surface area contributed by atoms with Gasteiger partial charge in [0.2, 0.25) is 5.91 Å². The molecule has 1 aliphatic heterocycles. The molecule has 0 saturated carbocycles. The quantitative estimate of drug-likeness (QED) is 0.655. The minimum absolute atomic E-state index is 0.0293. The van der Waals surface area contributed by atoms with Crippen molar-refractivity contribution >= 4 is 23.3 Å². The fraction of sp³-hybridized carbons (Fsp3) is 0.333. The zero-order valence-electron chi connectivity index (χ0n) is 10.2. The summed E-state index contributed by atoms with van der Waals surface area (Å²) in [6.07, 6.45) is -0.125. The van der Waals surface area contributed by atoms with Gasteiger partial charge in [0, 0.05) is 18.5 Å². The van der Waals surface area contributed by atoms with Gasteiger partial charge in [-0.25, -0.2) is 0 Å². The Balaban J connectivity index is 2.43. The van der Waals surface area contributed by atoms with Gasteiger partial charge in [-0.2, -0.15) is 0 Å². The van der Waals surface area contributed by atoms with Gasteiger partial charge in [-0.05, 0) is 13.0 Å². The van der Waals surface area contributed by atoms with Gasteiger partial charge in [-0.1, -0.05) is 12.1 Å². The molecule has 0 aliphatic carbocycles. The Labute approximate surface area is 108 Å². The monoisotopic (exact) mass is 264 g/mol. The number of nitrogens with zero attached hydrogens (tertiary/aromatic N) is 2. The van der Waals surface area contributed by atoms with E-state index in [4.69, 9.17) is 5.11 Å². The SMILES string of the molecule is Cc1cccc(N2CC(C(=O)O)CC2=O)c1[N+](=O)[O-]. The average molecular weight is 264 g/mol. The first kappa shape index (κ1) is 13.0. The fourth-order valence-electron chi connectivity index (χ4n) is 2.20. The van der Waals surface area contributed by atoms with Crippen LogP contribution in [0.4, 0.5) is 11.4 Å². The van der Waals surface area contributed by atoms with Crippen molar-refractivity contribution in [3.8, 4) is 0 Å². The van der Waals surface area contributed by atoms with Crippen molar-refractivity contribution in [3.05, 3.63) is 33.9 Å². The van der Waals surface area contributed by atoms with Crippen LogP contribution in [0.2, 0.25) is 0 Å². The van der Waals surface area contributed by atoms with E-state index in [-0.39, 0.29) is 24.3 Å². The Morgan fingerprint density at radius 1 is 1.53 bits per heavy atom. The summed E-state index contributed by atoms with van der Waals surface area (Å²) in [5.41, 5.74) is 0.453. The zero-order chi connectivity index (χ0) is 14.2. The molecular weight excluding hydrogens is 252 g/mol. The Bertz CT molecular complexity index is 569. The molecule has 1 atom stereocenters. The summed E-state index contributed by atoms with van der Waals surface area (Å²) in [6.45, 7) is 1.55. The summed E-state index contributed by atoms with van der Waals surface area (Å²) >= 11 is 0. The number of carbonyl (C=O) groups is 2. The highest BCUT2D eigenvalue weighted by Gasteiger charge is 2.38. The third kappa shape index (κ3) is 2.26. The van der Waals surface area contributed by atoms with Crippen molar-refractivity contribution in [2.24, 2.45) is 5.92 Å². The van der Waals surface area contributed by atoms with Crippen LogP contribution < -0.4 is 4.90 Å². The van der Waals surface area contributed by atoms with Crippen LogP contribution in [0.25, 0.3) is 0 Å². The van der Waals surface area contributed by atoms with Crippen LogP contribution in [-0.4, -0.2) is 28.5 Å². The van der Waals surface area contributed by atoms with E-state index in [0.717, 1.165) is 0 Å². The van der Waals surface area contributed by atoms with Crippen molar-refractivity contribution in [1.82, 2.24) is 0 Å². The van der Waals surface area contributed by atoms with Gasteiger partial charge >= 0.3 is 5.97 Å². The van der Waals surface area contributed by atoms with Crippen LogP contribution in [0.15, 0.2) is 18.2 Å². The second kappa shape index (κ2) is 4.68. The molecule has 0 spiro atoms. The van der Waals surface area contributed by atoms with Crippen molar-refractivity contribution < 1.29 is 19.6 Å². The minimum atomic E-state index is -1.06. The third-order valence-electron chi connectivity index (χ3n) is 3.16. The van der Waals surface area contributed by atoms with Crippen LogP contribution in [0.5, 0.6) is 0 Å². The molecular formula is C12H12N2O5. The highest BCUT2D eigenvalue weighted by molar-refractivity contribution is 6.01. The molecule has 7 nitrogen and oxygen atoms in total. The van der Waals surface area contributed by atoms with Crippen LogP contribution >= 0.6 is 0 Å². The molecule has 1 N–H and O–H groups in total. The number of hydrogen-bond donors (Lipinski definition) is 1. The number of carboxylic acids is 1. The number of benzene rings is 1. The molecule has 0 radical (unpaired) electrons. The maximum atomic E-state index is 11.8. The summed E-state index contributed by atoms with van der Waals surface area (Å²) in [5.74, 6) is -2.28. The lowest BCUT2D eigenvalue weighted by molar-refractivity contribution is -0.384. The normalized spacial score (nSPS) is 18.7. The molecule has 1 heterocycles. The number of nitro benzene ring substituents is 1. The Hall–Kier alpha value is -2.44. The molecule has 1 unspecified atom stereocenters. The van der Waals surface area contributed by atoms with Crippen LogP contribution in [0, 0.1) is 23.0 Å². The van der Waals surface area contributed by atoms with E-state index in [1.165, 1.54) is 11.0 Å². The topological polar surface area (TPSA) is 101 Å².